The van der Waals surface area contributed by atoms with Crippen molar-refractivity contribution in [2.75, 3.05) is 25.5 Å². The maximum Gasteiger partial charge on any atom is 0.341 e. The molecule has 212 valence electrons. The fraction of sp³-hybridized carbons (Fsp3) is 0.400. The number of esters is 1. The molecule has 5 rings (SSSR count). The third kappa shape index (κ3) is 5.85. The number of hydrogen-bond donors (Lipinski definition) is 1. The number of carbonyl (C=O) groups excluding carboxylic acids is 2. The van der Waals surface area contributed by atoms with E-state index in [1.165, 1.54) is 48.3 Å². The van der Waals surface area contributed by atoms with Gasteiger partial charge in [0.25, 0.3) is 5.91 Å². The monoisotopic (exact) mass is 581 g/mol. The van der Waals surface area contributed by atoms with E-state index in [1.807, 2.05) is 25.1 Å². The number of thiophene rings is 1. The number of piperidine rings is 1. The van der Waals surface area contributed by atoms with Gasteiger partial charge in [-0.15, -0.1) is 11.3 Å². The summed E-state index contributed by atoms with van der Waals surface area (Å²) >= 11 is 1.39. The molecule has 1 amide bonds. The molecule has 0 radical (unpaired) electrons. The van der Waals surface area contributed by atoms with Crippen LogP contribution in [0.2, 0.25) is 0 Å². The molecular weight excluding hydrogens is 546 g/mol. The van der Waals surface area contributed by atoms with E-state index in [0.717, 1.165) is 49.2 Å². The zero-order valence-electron chi connectivity index (χ0n) is 22.9. The zero-order chi connectivity index (χ0) is 28.3. The molecule has 1 N–H and O–H groups in total. The Labute approximate surface area is 240 Å². The Balaban J connectivity index is 1.33. The number of ether oxygens (including phenoxy) is 1. The van der Waals surface area contributed by atoms with Crippen LogP contribution >= 0.6 is 11.3 Å². The minimum absolute atomic E-state index is 0.00643. The number of benzene rings is 2. The Morgan fingerprint density at radius 2 is 1.80 bits per heavy atom. The molecule has 10 heteroatoms. The maximum absolute atomic E-state index is 13.3. The van der Waals surface area contributed by atoms with Gasteiger partial charge in [0.05, 0.1) is 17.6 Å². The Hall–Kier alpha value is -3.05. The summed E-state index contributed by atoms with van der Waals surface area (Å²) in [4.78, 5) is 29.5. The van der Waals surface area contributed by atoms with Crippen LogP contribution in [0.25, 0.3) is 0 Å². The number of methoxy groups -OCH3 is 1. The normalized spacial score (nSPS) is 18.2. The Morgan fingerprint density at radius 1 is 1.05 bits per heavy atom. The fourth-order valence-corrected chi connectivity index (χ4v) is 8.67. The molecule has 2 aliphatic rings. The molecule has 1 saturated heterocycles. The van der Waals surface area contributed by atoms with Crippen molar-refractivity contribution < 1.29 is 22.7 Å². The zero-order valence-corrected chi connectivity index (χ0v) is 24.5. The molecule has 1 fully saturated rings. The van der Waals surface area contributed by atoms with E-state index < -0.39 is 21.9 Å². The van der Waals surface area contributed by atoms with Gasteiger partial charge in [-0.1, -0.05) is 43.7 Å². The lowest BCUT2D eigenvalue weighted by molar-refractivity contribution is 0.0600. The molecule has 0 spiro atoms. The molecular formula is C30H35N3O5S2. The summed E-state index contributed by atoms with van der Waals surface area (Å²) in [6.45, 7) is 4.81. The summed E-state index contributed by atoms with van der Waals surface area (Å²) in [7, 11) is -2.30. The van der Waals surface area contributed by atoms with E-state index in [0.29, 0.717) is 35.6 Å². The number of anilines is 1. The van der Waals surface area contributed by atoms with E-state index in [2.05, 4.69) is 22.3 Å². The highest BCUT2D eigenvalue weighted by Crippen LogP contribution is 2.38. The van der Waals surface area contributed by atoms with Crippen LogP contribution in [0.15, 0.2) is 59.5 Å². The predicted octanol–water partition coefficient (Wildman–Crippen LogP) is 5.30. The summed E-state index contributed by atoms with van der Waals surface area (Å²) in [5.74, 6) is -0.879. The molecule has 3 heterocycles. The Bertz CT molecular complexity index is 1470. The van der Waals surface area contributed by atoms with Gasteiger partial charge in [-0.25, -0.2) is 13.2 Å². The van der Waals surface area contributed by atoms with E-state index >= 15 is 0 Å². The van der Waals surface area contributed by atoms with Crippen LogP contribution in [-0.4, -0.2) is 55.7 Å². The summed E-state index contributed by atoms with van der Waals surface area (Å²) in [6, 6.07) is 16.3. The molecule has 40 heavy (non-hydrogen) atoms. The summed E-state index contributed by atoms with van der Waals surface area (Å²) in [6.07, 6.45) is 4.22. The highest BCUT2D eigenvalue weighted by atomic mass is 32.2. The smallest absolute Gasteiger partial charge is 0.341 e. The molecule has 0 aliphatic carbocycles. The van der Waals surface area contributed by atoms with Crippen molar-refractivity contribution in [2.24, 2.45) is 0 Å². The number of hydrogen-bond acceptors (Lipinski definition) is 7. The van der Waals surface area contributed by atoms with Gasteiger partial charge in [0.2, 0.25) is 10.0 Å². The van der Waals surface area contributed by atoms with Crippen molar-refractivity contribution >= 4 is 38.2 Å². The average molecular weight is 582 g/mol. The van der Waals surface area contributed by atoms with Crippen LogP contribution in [0, 0.1) is 0 Å². The summed E-state index contributed by atoms with van der Waals surface area (Å²) < 4.78 is 33.3. The number of carbonyl (C=O) groups is 2. The van der Waals surface area contributed by atoms with Gasteiger partial charge in [-0.05, 0) is 61.1 Å². The third-order valence-electron chi connectivity index (χ3n) is 7.77. The first-order valence-corrected chi connectivity index (χ1v) is 16.0. The van der Waals surface area contributed by atoms with Crippen molar-refractivity contribution in [3.63, 3.8) is 0 Å². The van der Waals surface area contributed by atoms with E-state index in [4.69, 9.17) is 4.74 Å². The van der Waals surface area contributed by atoms with Crippen molar-refractivity contribution in [1.29, 1.82) is 0 Å². The topological polar surface area (TPSA) is 96.0 Å². The molecule has 1 aromatic heterocycles. The number of amides is 1. The van der Waals surface area contributed by atoms with Gasteiger partial charge < -0.3 is 10.1 Å². The average Bonchev–Trinajstić information content (AvgIpc) is 3.34. The van der Waals surface area contributed by atoms with Crippen LogP contribution in [0.1, 0.15) is 69.3 Å². The highest BCUT2D eigenvalue weighted by Gasteiger charge is 2.33. The number of rotatable bonds is 8. The Kier molecular flexibility index (Phi) is 8.70. The van der Waals surface area contributed by atoms with Gasteiger partial charge >= 0.3 is 5.97 Å². The molecule has 1 unspecified atom stereocenters. The maximum atomic E-state index is 13.3. The largest absolute Gasteiger partial charge is 0.465 e. The number of nitrogens with zero attached hydrogens (tertiary/aromatic N) is 2. The van der Waals surface area contributed by atoms with Crippen LogP contribution in [0.5, 0.6) is 0 Å². The second-order valence-electron chi connectivity index (χ2n) is 10.3. The lowest BCUT2D eigenvalue weighted by atomic mass is 10.0. The quantitative estimate of drug-likeness (QED) is 0.363. The lowest BCUT2D eigenvalue weighted by Gasteiger charge is -2.34. The Morgan fingerprint density at radius 3 is 2.50 bits per heavy atom. The van der Waals surface area contributed by atoms with Crippen LogP contribution in [-0.2, 0) is 34.3 Å². The van der Waals surface area contributed by atoms with E-state index in [1.54, 1.807) is 4.31 Å². The first kappa shape index (κ1) is 28.5. The molecule has 1 atom stereocenters. The van der Waals surface area contributed by atoms with Crippen LogP contribution in [0.4, 0.5) is 5.00 Å². The van der Waals surface area contributed by atoms with Crippen LogP contribution in [0.3, 0.4) is 0 Å². The van der Waals surface area contributed by atoms with Gasteiger partial charge in [0.15, 0.2) is 0 Å². The first-order valence-electron chi connectivity index (χ1n) is 13.7. The molecule has 2 aromatic carbocycles. The number of nitrogens with one attached hydrogen (secondary N) is 1. The second kappa shape index (κ2) is 12.2. The molecule has 0 saturated carbocycles. The summed E-state index contributed by atoms with van der Waals surface area (Å²) in [5, 5.41) is 3.36. The molecule has 2 aliphatic heterocycles. The summed E-state index contributed by atoms with van der Waals surface area (Å²) in [5.41, 5.74) is 2.87. The molecule has 8 nitrogen and oxygen atoms in total. The van der Waals surface area contributed by atoms with Gasteiger partial charge in [-0.3, -0.25) is 9.69 Å². The minimum Gasteiger partial charge on any atom is -0.465 e. The first-order chi connectivity index (χ1) is 19.3. The molecule has 0 bridgehead atoms. The van der Waals surface area contributed by atoms with Crippen molar-refractivity contribution in [2.45, 2.75) is 63.1 Å². The van der Waals surface area contributed by atoms with Crippen molar-refractivity contribution in [3.05, 3.63) is 81.7 Å². The van der Waals surface area contributed by atoms with E-state index in [9.17, 15) is 18.0 Å². The number of fused-ring (bicyclic) bond motifs is 1. The van der Waals surface area contributed by atoms with Gasteiger partial charge in [-0.2, -0.15) is 4.31 Å². The van der Waals surface area contributed by atoms with Crippen LogP contribution < -0.4 is 5.32 Å². The lowest BCUT2D eigenvalue weighted by Crippen LogP contribution is -2.43. The van der Waals surface area contributed by atoms with Crippen molar-refractivity contribution in [1.82, 2.24) is 9.21 Å². The van der Waals surface area contributed by atoms with Crippen molar-refractivity contribution in [3.8, 4) is 0 Å². The number of sulfonamides is 1. The highest BCUT2D eigenvalue weighted by molar-refractivity contribution is 7.89. The third-order valence-corrected chi connectivity index (χ3v) is 10.9. The SMILES string of the molecule is CCC1CCCCN1S(=O)(=O)c1ccc(C(=O)Nc2sc3c(c2C(=O)OC)CCN(Cc2ccccc2)C3)cc1. The molecule has 3 aromatic rings. The minimum atomic E-state index is -3.64. The van der Waals surface area contributed by atoms with Gasteiger partial charge in [0.1, 0.15) is 5.00 Å². The van der Waals surface area contributed by atoms with E-state index in [-0.39, 0.29) is 10.9 Å². The second-order valence-corrected chi connectivity index (χ2v) is 13.3. The van der Waals surface area contributed by atoms with Gasteiger partial charge in [0, 0.05) is 42.7 Å². The standard InChI is InChI=1S/C30H35N3O5S2/c1-3-23-11-7-8-17-33(23)40(36,37)24-14-12-22(13-15-24)28(34)31-29-27(30(35)38-2)25-16-18-32(20-26(25)39-29)19-21-9-5-4-6-10-21/h4-6,9-10,12-15,23H,3,7-8,11,16-20H2,1-2H3,(H,31,34). The fourth-order valence-electron chi connectivity index (χ4n) is 5.63. The predicted molar refractivity (Wildman–Crippen MR) is 156 cm³/mol.